The zero-order valence-electron chi connectivity index (χ0n) is 14.6. The molecule has 2 aromatic heterocycles. The predicted molar refractivity (Wildman–Crippen MR) is 109 cm³/mol. The van der Waals surface area contributed by atoms with Gasteiger partial charge in [0.05, 0.1) is 16.5 Å². The Balaban J connectivity index is 1.32. The van der Waals surface area contributed by atoms with Gasteiger partial charge >= 0.3 is 0 Å². The van der Waals surface area contributed by atoms with E-state index in [0.29, 0.717) is 18.2 Å². The maximum Gasteiger partial charge on any atom is 0.231 e. The molecule has 7 heteroatoms. The molecular weight excluding hydrogens is 378 g/mol. The van der Waals surface area contributed by atoms with Crippen LogP contribution < -0.4 is 5.32 Å². The fourth-order valence-corrected chi connectivity index (χ4v) is 4.62. The first-order chi connectivity index (χ1) is 13.2. The van der Waals surface area contributed by atoms with Crippen LogP contribution in [0.2, 0.25) is 0 Å². The largest absolute Gasteiger partial charge is 0.342 e. The molecule has 1 aromatic carbocycles. The molecule has 1 aliphatic rings. The molecule has 0 radical (unpaired) electrons. The summed E-state index contributed by atoms with van der Waals surface area (Å²) in [6.07, 6.45) is 1.07. The molecule has 1 aliphatic heterocycles. The van der Waals surface area contributed by atoms with Gasteiger partial charge in [-0.2, -0.15) is 0 Å². The van der Waals surface area contributed by atoms with Crippen LogP contribution in [0.4, 0.5) is 5.13 Å². The van der Waals surface area contributed by atoms with Crippen LogP contribution in [0.1, 0.15) is 12.0 Å². The van der Waals surface area contributed by atoms with Gasteiger partial charge in [0.25, 0.3) is 0 Å². The SMILES string of the molecule is O=C(Nc1nc(-c2cccs2)cs1)C1CC(=O)N(CCc2ccccc2)C1. The van der Waals surface area contributed by atoms with E-state index in [9.17, 15) is 9.59 Å². The van der Waals surface area contributed by atoms with Crippen molar-refractivity contribution in [3.05, 3.63) is 58.8 Å². The number of hydrogen-bond donors (Lipinski definition) is 1. The van der Waals surface area contributed by atoms with Gasteiger partial charge in [-0.3, -0.25) is 9.59 Å². The third kappa shape index (κ3) is 4.26. The molecule has 1 unspecified atom stereocenters. The highest BCUT2D eigenvalue weighted by Crippen LogP contribution is 2.29. The van der Waals surface area contributed by atoms with Crippen molar-refractivity contribution in [1.82, 2.24) is 9.88 Å². The minimum Gasteiger partial charge on any atom is -0.342 e. The second-order valence-corrected chi connectivity index (χ2v) is 8.29. The Morgan fingerprint density at radius 2 is 2.04 bits per heavy atom. The summed E-state index contributed by atoms with van der Waals surface area (Å²) in [6.45, 7) is 1.12. The maximum absolute atomic E-state index is 12.6. The highest BCUT2D eigenvalue weighted by Gasteiger charge is 2.34. The fourth-order valence-electron chi connectivity index (χ4n) is 3.15. The van der Waals surface area contributed by atoms with Crippen molar-refractivity contribution in [2.24, 2.45) is 5.92 Å². The predicted octanol–water partition coefficient (Wildman–Crippen LogP) is 3.90. The molecule has 0 bridgehead atoms. The van der Waals surface area contributed by atoms with Crippen LogP contribution >= 0.6 is 22.7 Å². The summed E-state index contributed by atoms with van der Waals surface area (Å²) in [7, 11) is 0. The molecule has 1 saturated heterocycles. The van der Waals surface area contributed by atoms with Gasteiger partial charge in [-0.1, -0.05) is 36.4 Å². The van der Waals surface area contributed by atoms with Crippen molar-refractivity contribution in [3.63, 3.8) is 0 Å². The van der Waals surface area contributed by atoms with Gasteiger partial charge in [-0.25, -0.2) is 4.98 Å². The van der Waals surface area contributed by atoms with E-state index in [0.717, 1.165) is 17.0 Å². The van der Waals surface area contributed by atoms with Gasteiger partial charge in [0, 0.05) is 24.9 Å². The number of carbonyl (C=O) groups is 2. The van der Waals surface area contributed by atoms with Crippen LogP contribution in [0.25, 0.3) is 10.6 Å². The van der Waals surface area contributed by atoms with E-state index in [2.05, 4.69) is 22.4 Å². The van der Waals surface area contributed by atoms with Gasteiger partial charge < -0.3 is 10.2 Å². The van der Waals surface area contributed by atoms with E-state index in [1.54, 1.807) is 16.2 Å². The maximum atomic E-state index is 12.6. The Hall–Kier alpha value is -2.51. The topological polar surface area (TPSA) is 62.3 Å². The molecule has 0 spiro atoms. The lowest BCUT2D eigenvalue weighted by molar-refractivity contribution is -0.128. The molecule has 5 nitrogen and oxygen atoms in total. The average molecular weight is 398 g/mol. The first-order valence-corrected chi connectivity index (χ1v) is 10.6. The van der Waals surface area contributed by atoms with E-state index in [-0.39, 0.29) is 24.2 Å². The number of amides is 2. The van der Waals surface area contributed by atoms with E-state index in [1.165, 1.54) is 16.9 Å². The van der Waals surface area contributed by atoms with Crippen molar-refractivity contribution in [2.45, 2.75) is 12.8 Å². The van der Waals surface area contributed by atoms with Crippen molar-refractivity contribution in [2.75, 3.05) is 18.4 Å². The molecule has 138 valence electrons. The average Bonchev–Trinajstić information content (AvgIpc) is 3.42. The highest BCUT2D eigenvalue weighted by atomic mass is 32.1. The Morgan fingerprint density at radius 3 is 2.81 bits per heavy atom. The lowest BCUT2D eigenvalue weighted by Gasteiger charge is -2.16. The van der Waals surface area contributed by atoms with Crippen molar-refractivity contribution in [3.8, 4) is 10.6 Å². The van der Waals surface area contributed by atoms with Crippen LogP contribution in [-0.4, -0.2) is 34.8 Å². The van der Waals surface area contributed by atoms with Crippen LogP contribution in [0.3, 0.4) is 0 Å². The van der Waals surface area contributed by atoms with Crippen molar-refractivity contribution < 1.29 is 9.59 Å². The van der Waals surface area contributed by atoms with Crippen molar-refractivity contribution >= 4 is 39.6 Å². The van der Waals surface area contributed by atoms with Crippen LogP contribution in [0.15, 0.2) is 53.2 Å². The summed E-state index contributed by atoms with van der Waals surface area (Å²) in [5, 5.41) is 7.40. The summed E-state index contributed by atoms with van der Waals surface area (Å²) >= 11 is 3.03. The van der Waals surface area contributed by atoms with E-state index >= 15 is 0 Å². The molecule has 0 saturated carbocycles. The number of nitrogens with one attached hydrogen (secondary N) is 1. The Kier molecular flexibility index (Phi) is 5.31. The lowest BCUT2D eigenvalue weighted by Crippen LogP contribution is -2.30. The van der Waals surface area contributed by atoms with Gasteiger partial charge in [0.2, 0.25) is 11.8 Å². The van der Waals surface area contributed by atoms with Gasteiger partial charge in [-0.05, 0) is 23.4 Å². The number of nitrogens with zero attached hydrogens (tertiary/aromatic N) is 2. The third-order valence-electron chi connectivity index (χ3n) is 4.61. The van der Waals surface area contributed by atoms with Crippen LogP contribution in [0, 0.1) is 5.92 Å². The Morgan fingerprint density at radius 1 is 1.19 bits per heavy atom. The minimum absolute atomic E-state index is 0.0458. The zero-order valence-corrected chi connectivity index (χ0v) is 16.3. The number of thiophene rings is 1. The van der Waals surface area contributed by atoms with E-state index in [4.69, 9.17) is 0 Å². The Bertz CT molecular complexity index is 922. The summed E-state index contributed by atoms with van der Waals surface area (Å²) in [5.41, 5.74) is 2.07. The number of likely N-dealkylation sites (tertiary alicyclic amines) is 1. The quantitative estimate of drug-likeness (QED) is 0.686. The standard InChI is InChI=1S/C20H19N3O2S2/c24-18-11-15(12-23(18)9-8-14-5-2-1-3-6-14)19(25)22-20-21-16(13-27-20)17-7-4-10-26-17/h1-7,10,13,15H,8-9,11-12H2,(H,21,22,25). The molecule has 0 aliphatic carbocycles. The van der Waals surface area contributed by atoms with Gasteiger partial charge in [0.1, 0.15) is 0 Å². The van der Waals surface area contributed by atoms with Crippen LogP contribution in [-0.2, 0) is 16.0 Å². The molecule has 27 heavy (non-hydrogen) atoms. The Labute approximate surface area is 165 Å². The number of carbonyl (C=O) groups excluding carboxylic acids is 2. The van der Waals surface area contributed by atoms with Gasteiger partial charge in [0.15, 0.2) is 5.13 Å². The molecule has 1 N–H and O–H groups in total. The number of rotatable bonds is 6. The highest BCUT2D eigenvalue weighted by molar-refractivity contribution is 7.16. The number of thiazole rings is 1. The number of aromatic nitrogens is 1. The zero-order chi connectivity index (χ0) is 18.6. The van der Waals surface area contributed by atoms with Crippen molar-refractivity contribution in [1.29, 1.82) is 0 Å². The summed E-state index contributed by atoms with van der Waals surface area (Å²) < 4.78 is 0. The number of hydrogen-bond acceptors (Lipinski definition) is 5. The molecular formula is C20H19N3O2S2. The molecule has 2 amide bonds. The second kappa shape index (κ2) is 8.02. The normalized spacial score (nSPS) is 16.7. The van der Waals surface area contributed by atoms with E-state index in [1.807, 2.05) is 41.1 Å². The minimum atomic E-state index is -0.317. The molecule has 3 aromatic rings. The number of anilines is 1. The molecule has 3 heterocycles. The molecule has 1 fully saturated rings. The van der Waals surface area contributed by atoms with Crippen LogP contribution in [0.5, 0.6) is 0 Å². The molecule has 4 rings (SSSR count). The first-order valence-electron chi connectivity index (χ1n) is 8.81. The lowest BCUT2D eigenvalue weighted by atomic mass is 10.1. The second-order valence-electron chi connectivity index (χ2n) is 6.48. The van der Waals surface area contributed by atoms with Gasteiger partial charge in [-0.15, -0.1) is 22.7 Å². The fraction of sp³-hybridized carbons (Fsp3) is 0.250. The monoisotopic (exact) mass is 397 g/mol. The number of benzene rings is 1. The van der Waals surface area contributed by atoms with E-state index < -0.39 is 0 Å². The summed E-state index contributed by atoms with van der Waals surface area (Å²) in [5.74, 6) is -0.399. The first kappa shape index (κ1) is 17.9. The molecule has 1 atom stereocenters. The third-order valence-corrected chi connectivity index (χ3v) is 6.26. The summed E-state index contributed by atoms with van der Waals surface area (Å²) in [4.78, 5) is 32.2. The summed E-state index contributed by atoms with van der Waals surface area (Å²) in [6, 6.07) is 14.1. The smallest absolute Gasteiger partial charge is 0.231 e.